The van der Waals surface area contributed by atoms with Gasteiger partial charge in [0.15, 0.2) is 0 Å². The Morgan fingerprint density at radius 3 is 2.83 bits per heavy atom. The average molecular weight is 311 g/mol. The summed E-state index contributed by atoms with van der Waals surface area (Å²) < 4.78 is 0. The second-order valence-corrected chi connectivity index (χ2v) is 5.92. The number of hydrogen-bond donors (Lipinski definition) is 1. The van der Waals surface area contributed by atoms with Crippen LogP contribution in [0.3, 0.4) is 0 Å². The van der Waals surface area contributed by atoms with Crippen LogP contribution in [-0.4, -0.2) is 38.8 Å². The number of carbonyl (C=O) groups is 1. The molecule has 6 nitrogen and oxygen atoms in total. The molecule has 1 N–H and O–H groups in total. The number of aryl methyl sites for hydroxylation is 1. The average Bonchev–Trinajstić information content (AvgIpc) is 2.55. The van der Waals surface area contributed by atoms with Crippen LogP contribution >= 0.6 is 0 Å². The molecule has 1 atom stereocenters. The fourth-order valence-electron chi connectivity index (χ4n) is 2.97. The monoisotopic (exact) mass is 311 g/mol. The Balaban J connectivity index is 1.81. The summed E-state index contributed by atoms with van der Waals surface area (Å²) in [5.41, 5.74) is 2.90. The molecule has 1 aliphatic heterocycles. The number of anilines is 2. The fraction of sp³-hybridized carbons (Fsp3) is 0.412. The minimum Gasteiger partial charge on any atom is -0.342 e. The highest BCUT2D eigenvalue weighted by atomic mass is 16.2. The highest BCUT2D eigenvalue weighted by molar-refractivity contribution is 5.73. The smallest absolute Gasteiger partial charge is 0.227 e. The van der Waals surface area contributed by atoms with Crippen molar-refractivity contribution in [2.45, 2.75) is 32.6 Å². The molecule has 0 unspecified atom stereocenters. The van der Waals surface area contributed by atoms with Gasteiger partial charge in [-0.15, -0.1) is 0 Å². The van der Waals surface area contributed by atoms with Gasteiger partial charge >= 0.3 is 0 Å². The van der Waals surface area contributed by atoms with Crippen LogP contribution in [0.4, 0.5) is 11.6 Å². The summed E-state index contributed by atoms with van der Waals surface area (Å²) in [5, 5.41) is 3.22. The topological polar surface area (TPSA) is 71.0 Å². The van der Waals surface area contributed by atoms with Gasteiger partial charge in [-0.2, -0.15) is 0 Å². The fourth-order valence-corrected chi connectivity index (χ4v) is 2.97. The van der Waals surface area contributed by atoms with E-state index < -0.39 is 0 Å². The van der Waals surface area contributed by atoms with Crippen molar-refractivity contribution in [1.82, 2.24) is 19.9 Å². The Hall–Kier alpha value is -2.50. The highest BCUT2D eigenvalue weighted by Crippen LogP contribution is 2.28. The molecular formula is C17H21N5O. The molecule has 23 heavy (non-hydrogen) atoms. The van der Waals surface area contributed by atoms with Crippen LogP contribution in [0.5, 0.6) is 0 Å². The molecule has 1 fully saturated rings. The lowest BCUT2D eigenvalue weighted by molar-refractivity contribution is -0.130. The number of piperidine rings is 1. The van der Waals surface area contributed by atoms with E-state index in [9.17, 15) is 4.79 Å². The van der Waals surface area contributed by atoms with Crippen molar-refractivity contribution in [2.24, 2.45) is 0 Å². The molecule has 1 amide bonds. The predicted octanol–water partition coefficient (Wildman–Crippen LogP) is 2.65. The summed E-state index contributed by atoms with van der Waals surface area (Å²) in [4.78, 5) is 26.6. The SMILES string of the molecule is CC(=O)N1CCC[C@@H](c2cc(Nc3ncccn3)cc(C)n2)C1. The van der Waals surface area contributed by atoms with Gasteiger partial charge in [0, 0.05) is 55.4 Å². The molecule has 0 bridgehead atoms. The number of aromatic nitrogens is 3. The maximum Gasteiger partial charge on any atom is 0.227 e. The van der Waals surface area contributed by atoms with Gasteiger partial charge < -0.3 is 10.2 Å². The van der Waals surface area contributed by atoms with Crippen LogP contribution in [-0.2, 0) is 4.79 Å². The van der Waals surface area contributed by atoms with E-state index in [1.165, 1.54) is 0 Å². The lowest BCUT2D eigenvalue weighted by atomic mass is 9.94. The summed E-state index contributed by atoms with van der Waals surface area (Å²) in [6.07, 6.45) is 5.48. The summed E-state index contributed by atoms with van der Waals surface area (Å²) in [7, 11) is 0. The van der Waals surface area contributed by atoms with Gasteiger partial charge in [0.1, 0.15) is 0 Å². The Morgan fingerprint density at radius 2 is 2.09 bits per heavy atom. The van der Waals surface area contributed by atoms with Crippen LogP contribution in [0.1, 0.15) is 37.1 Å². The number of carbonyl (C=O) groups excluding carboxylic acids is 1. The number of likely N-dealkylation sites (tertiary alicyclic amines) is 1. The summed E-state index contributed by atoms with van der Waals surface area (Å²) in [6.45, 7) is 5.20. The number of nitrogens with one attached hydrogen (secondary N) is 1. The minimum absolute atomic E-state index is 0.137. The molecule has 1 aliphatic rings. The molecule has 0 spiro atoms. The van der Waals surface area contributed by atoms with Crippen molar-refractivity contribution in [3.8, 4) is 0 Å². The van der Waals surface area contributed by atoms with Crippen molar-refractivity contribution in [3.63, 3.8) is 0 Å². The zero-order valence-electron chi connectivity index (χ0n) is 13.5. The molecule has 0 aliphatic carbocycles. The van der Waals surface area contributed by atoms with Gasteiger partial charge in [0.25, 0.3) is 0 Å². The third-order valence-electron chi connectivity index (χ3n) is 4.08. The van der Waals surface area contributed by atoms with E-state index in [1.54, 1.807) is 25.4 Å². The third kappa shape index (κ3) is 3.83. The molecule has 3 heterocycles. The maximum atomic E-state index is 11.6. The molecule has 6 heteroatoms. The predicted molar refractivity (Wildman–Crippen MR) is 88.5 cm³/mol. The van der Waals surface area contributed by atoms with Gasteiger partial charge in [-0.05, 0) is 38.0 Å². The first kappa shape index (κ1) is 15.4. The Kier molecular flexibility index (Phi) is 4.50. The largest absolute Gasteiger partial charge is 0.342 e. The molecule has 2 aromatic heterocycles. The van der Waals surface area contributed by atoms with Crippen LogP contribution in [0.15, 0.2) is 30.6 Å². The lowest BCUT2D eigenvalue weighted by Crippen LogP contribution is -2.37. The van der Waals surface area contributed by atoms with E-state index >= 15 is 0 Å². The Bertz CT molecular complexity index is 689. The zero-order valence-corrected chi connectivity index (χ0v) is 13.5. The van der Waals surface area contributed by atoms with E-state index in [-0.39, 0.29) is 11.8 Å². The van der Waals surface area contributed by atoms with Gasteiger partial charge in [0.05, 0.1) is 0 Å². The quantitative estimate of drug-likeness (QED) is 0.943. The van der Waals surface area contributed by atoms with Crippen molar-refractivity contribution in [2.75, 3.05) is 18.4 Å². The number of hydrogen-bond acceptors (Lipinski definition) is 5. The maximum absolute atomic E-state index is 11.6. The lowest BCUT2D eigenvalue weighted by Gasteiger charge is -2.32. The standard InChI is InChI=1S/C17H21N5O/c1-12-9-15(21-17-18-6-4-7-19-17)10-16(20-12)14-5-3-8-22(11-14)13(2)23/h4,6-7,9-10,14H,3,5,8,11H2,1-2H3,(H,18,19,20,21)/t14-/m1/s1. The molecule has 0 radical (unpaired) electrons. The Labute approximate surface area is 136 Å². The zero-order chi connectivity index (χ0) is 16.2. The second kappa shape index (κ2) is 6.73. The number of pyridine rings is 1. The van der Waals surface area contributed by atoms with E-state index in [1.807, 2.05) is 24.0 Å². The van der Waals surface area contributed by atoms with Crippen LogP contribution in [0, 0.1) is 6.92 Å². The molecular weight excluding hydrogens is 290 g/mol. The van der Waals surface area contributed by atoms with Crippen LogP contribution in [0.25, 0.3) is 0 Å². The number of nitrogens with zero attached hydrogens (tertiary/aromatic N) is 4. The van der Waals surface area contributed by atoms with E-state index in [0.29, 0.717) is 5.95 Å². The van der Waals surface area contributed by atoms with E-state index in [4.69, 9.17) is 0 Å². The summed E-state index contributed by atoms with van der Waals surface area (Å²) in [5.74, 6) is 0.987. The van der Waals surface area contributed by atoms with Gasteiger partial charge in [-0.1, -0.05) is 0 Å². The van der Waals surface area contributed by atoms with Crippen molar-refractivity contribution in [1.29, 1.82) is 0 Å². The first-order valence-corrected chi connectivity index (χ1v) is 7.90. The summed E-state index contributed by atoms with van der Waals surface area (Å²) >= 11 is 0. The van der Waals surface area contributed by atoms with Gasteiger partial charge in [0.2, 0.25) is 11.9 Å². The molecule has 3 rings (SSSR count). The first-order chi connectivity index (χ1) is 11.1. The first-order valence-electron chi connectivity index (χ1n) is 7.90. The molecule has 0 saturated carbocycles. The minimum atomic E-state index is 0.137. The number of rotatable bonds is 3. The normalized spacial score (nSPS) is 17.8. The van der Waals surface area contributed by atoms with Crippen molar-refractivity contribution in [3.05, 3.63) is 42.0 Å². The van der Waals surface area contributed by atoms with Crippen molar-refractivity contribution < 1.29 is 4.79 Å². The van der Waals surface area contributed by atoms with Crippen LogP contribution < -0.4 is 5.32 Å². The van der Waals surface area contributed by atoms with E-state index in [0.717, 1.165) is 43.0 Å². The molecule has 2 aromatic rings. The van der Waals surface area contributed by atoms with Gasteiger partial charge in [-0.3, -0.25) is 9.78 Å². The van der Waals surface area contributed by atoms with Gasteiger partial charge in [-0.25, -0.2) is 9.97 Å². The van der Waals surface area contributed by atoms with Crippen LogP contribution in [0.2, 0.25) is 0 Å². The molecule has 120 valence electrons. The molecule has 0 aromatic carbocycles. The highest BCUT2D eigenvalue weighted by Gasteiger charge is 2.24. The Morgan fingerprint density at radius 1 is 1.30 bits per heavy atom. The second-order valence-electron chi connectivity index (χ2n) is 5.92. The van der Waals surface area contributed by atoms with Crippen molar-refractivity contribution >= 4 is 17.5 Å². The third-order valence-corrected chi connectivity index (χ3v) is 4.08. The molecule has 1 saturated heterocycles. The summed E-state index contributed by atoms with van der Waals surface area (Å²) in [6, 6.07) is 5.80. The van der Waals surface area contributed by atoms with E-state index in [2.05, 4.69) is 20.3 Å². The number of amides is 1.